The van der Waals surface area contributed by atoms with Crippen molar-refractivity contribution >= 4 is 17.3 Å². The summed E-state index contributed by atoms with van der Waals surface area (Å²) in [6.07, 6.45) is 1.22. The first kappa shape index (κ1) is 15.1. The molecule has 5 heteroatoms. The van der Waals surface area contributed by atoms with Crippen LogP contribution in [0.15, 0.2) is 24.3 Å². The van der Waals surface area contributed by atoms with Gasteiger partial charge >= 0.3 is 0 Å². The second-order valence-corrected chi connectivity index (χ2v) is 5.30. The number of nitrogens with two attached hydrogens (primary N) is 1. The molecule has 0 saturated carbocycles. The Morgan fingerprint density at radius 2 is 2.10 bits per heavy atom. The zero-order valence-corrected chi connectivity index (χ0v) is 12.8. The number of benzene rings is 1. The van der Waals surface area contributed by atoms with E-state index in [1.54, 1.807) is 12.1 Å². The van der Waals surface area contributed by atoms with E-state index >= 15 is 0 Å². The maximum atomic E-state index is 11.9. The number of hydrogen-bond donors (Lipinski definition) is 2. The van der Waals surface area contributed by atoms with Crippen LogP contribution in [0.2, 0.25) is 0 Å². The number of rotatable bonds is 5. The van der Waals surface area contributed by atoms with Gasteiger partial charge in [-0.2, -0.15) is 5.10 Å². The highest BCUT2D eigenvalue weighted by Gasteiger charge is 2.08. The molecule has 0 bridgehead atoms. The van der Waals surface area contributed by atoms with Crippen molar-refractivity contribution in [2.45, 2.75) is 40.2 Å². The highest BCUT2D eigenvalue weighted by atomic mass is 16.1. The van der Waals surface area contributed by atoms with E-state index in [9.17, 15) is 4.79 Å². The fourth-order valence-corrected chi connectivity index (χ4v) is 2.23. The lowest BCUT2D eigenvalue weighted by molar-refractivity contribution is -0.116. The van der Waals surface area contributed by atoms with E-state index in [1.165, 1.54) is 11.3 Å². The van der Waals surface area contributed by atoms with Crippen LogP contribution in [0.4, 0.5) is 11.4 Å². The first-order valence-electron chi connectivity index (χ1n) is 7.13. The third-order valence-corrected chi connectivity index (χ3v) is 3.69. The average Bonchev–Trinajstić information content (AvgIpc) is 2.66. The Bertz CT molecular complexity index is 646. The molecular formula is C16H22N4O. The van der Waals surface area contributed by atoms with E-state index in [1.807, 2.05) is 23.7 Å². The van der Waals surface area contributed by atoms with E-state index in [4.69, 9.17) is 5.73 Å². The van der Waals surface area contributed by atoms with Crippen LogP contribution in [0, 0.1) is 20.8 Å². The SMILES string of the molecule is Cc1nn(CCCC(=O)Nc2cccc(N)c2)c(C)c1C. The number of anilines is 2. The highest BCUT2D eigenvalue weighted by Crippen LogP contribution is 2.14. The van der Waals surface area contributed by atoms with Crippen molar-refractivity contribution < 1.29 is 4.79 Å². The molecule has 5 nitrogen and oxygen atoms in total. The van der Waals surface area contributed by atoms with Crippen LogP contribution in [0.25, 0.3) is 0 Å². The fraction of sp³-hybridized carbons (Fsp3) is 0.375. The first-order chi connectivity index (χ1) is 9.97. The maximum Gasteiger partial charge on any atom is 0.224 e. The van der Waals surface area contributed by atoms with E-state index < -0.39 is 0 Å². The summed E-state index contributed by atoms with van der Waals surface area (Å²) in [4.78, 5) is 11.9. The Labute approximate surface area is 125 Å². The molecule has 0 saturated heterocycles. The normalized spacial score (nSPS) is 10.6. The summed E-state index contributed by atoms with van der Waals surface area (Å²) < 4.78 is 1.97. The molecule has 112 valence electrons. The summed E-state index contributed by atoms with van der Waals surface area (Å²) in [5, 5.41) is 7.32. The minimum Gasteiger partial charge on any atom is -0.399 e. The van der Waals surface area contributed by atoms with Crippen molar-refractivity contribution in [3.63, 3.8) is 0 Å². The lowest BCUT2D eigenvalue weighted by Gasteiger charge is -2.07. The van der Waals surface area contributed by atoms with E-state index in [2.05, 4.69) is 24.3 Å². The molecule has 0 aliphatic rings. The molecule has 0 fully saturated rings. The maximum absolute atomic E-state index is 11.9. The van der Waals surface area contributed by atoms with E-state index in [0.29, 0.717) is 12.1 Å². The molecule has 1 amide bonds. The quantitative estimate of drug-likeness (QED) is 0.830. The van der Waals surface area contributed by atoms with Crippen LogP contribution < -0.4 is 11.1 Å². The second kappa shape index (κ2) is 6.43. The van der Waals surface area contributed by atoms with Crippen LogP contribution in [0.5, 0.6) is 0 Å². The monoisotopic (exact) mass is 286 g/mol. The summed E-state index contributed by atoms with van der Waals surface area (Å²) in [6, 6.07) is 7.20. The largest absolute Gasteiger partial charge is 0.399 e. The third-order valence-electron chi connectivity index (χ3n) is 3.69. The molecule has 21 heavy (non-hydrogen) atoms. The molecule has 1 heterocycles. The molecule has 2 rings (SSSR count). The lowest BCUT2D eigenvalue weighted by Crippen LogP contribution is -2.13. The van der Waals surface area contributed by atoms with Gasteiger partial charge in [0.2, 0.25) is 5.91 Å². The van der Waals surface area contributed by atoms with Gasteiger partial charge in [0.05, 0.1) is 5.69 Å². The van der Waals surface area contributed by atoms with Crippen LogP contribution in [0.1, 0.15) is 29.8 Å². The van der Waals surface area contributed by atoms with Gasteiger partial charge in [0.15, 0.2) is 0 Å². The summed E-state index contributed by atoms with van der Waals surface area (Å²) in [6.45, 7) is 6.89. The van der Waals surface area contributed by atoms with E-state index in [0.717, 1.165) is 24.3 Å². The van der Waals surface area contributed by atoms with Crippen molar-refractivity contribution in [1.82, 2.24) is 9.78 Å². The van der Waals surface area contributed by atoms with Gasteiger partial charge in [-0.25, -0.2) is 0 Å². The van der Waals surface area contributed by atoms with Crippen LogP contribution in [-0.4, -0.2) is 15.7 Å². The van der Waals surface area contributed by atoms with Gasteiger partial charge in [0.25, 0.3) is 0 Å². The zero-order chi connectivity index (χ0) is 15.4. The summed E-state index contributed by atoms with van der Waals surface area (Å²) in [5.74, 6) is -0.00106. The number of aromatic nitrogens is 2. The number of amides is 1. The molecule has 0 spiro atoms. The fourth-order valence-electron chi connectivity index (χ4n) is 2.23. The van der Waals surface area contributed by atoms with Gasteiger partial charge in [-0.1, -0.05) is 6.07 Å². The minimum atomic E-state index is -0.00106. The summed E-state index contributed by atoms with van der Waals surface area (Å²) >= 11 is 0. The number of nitrogen functional groups attached to an aromatic ring is 1. The molecule has 0 atom stereocenters. The predicted octanol–water partition coefficient (Wildman–Crippen LogP) is 2.81. The number of aryl methyl sites for hydroxylation is 2. The molecule has 0 aliphatic heterocycles. The van der Waals surface area contributed by atoms with Gasteiger partial charge in [0, 0.05) is 30.0 Å². The van der Waals surface area contributed by atoms with Gasteiger partial charge in [-0.15, -0.1) is 0 Å². The van der Waals surface area contributed by atoms with Gasteiger partial charge in [0.1, 0.15) is 0 Å². The van der Waals surface area contributed by atoms with E-state index in [-0.39, 0.29) is 5.91 Å². The number of hydrogen-bond acceptors (Lipinski definition) is 3. The molecule has 1 aromatic carbocycles. The summed E-state index contributed by atoms with van der Waals surface area (Å²) in [7, 11) is 0. The Kier molecular flexibility index (Phi) is 4.62. The number of nitrogens with zero attached hydrogens (tertiary/aromatic N) is 2. The molecule has 2 aromatic rings. The summed E-state index contributed by atoms with van der Waals surface area (Å²) in [5.41, 5.74) is 10.5. The zero-order valence-electron chi connectivity index (χ0n) is 12.8. The minimum absolute atomic E-state index is 0.00106. The molecule has 0 unspecified atom stereocenters. The van der Waals surface area contributed by atoms with Gasteiger partial charge in [-0.3, -0.25) is 9.48 Å². The highest BCUT2D eigenvalue weighted by molar-refractivity contribution is 5.91. The van der Waals surface area contributed by atoms with Crippen molar-refractivity contribution in [1.29, 1.82) is 0 Å². The van der Waals surface area contributed by atoms with Crippen molar-refractivity contribution in [2.75, 3.05) is 11.1 Å². The van der Waals surface area contributed by atoms with Crippen molar-refractivity contribution in [2.24, 2.45) is 0 Å². The number of carbonyl (C=O) groups is 1. The Balaban J connectivity index is 1.83. The smallest absolute Gasteiger partial charge is 0.224 e. The molecule has 0 radical (unpaired) electrons. The topological polar surface area (TPSA) is 72.9 Å². The molecule has 1 aromatic heterocycles. The van der Waals surface area contributed by atoms with Crippen molar-refractivity contribution in [3.8, 4) is 0 Å². The van der Waals surface area contributed by atoms with Crippen molar-refractivity contribution in [3.05, 3.63) is 41.2 Å². The number of nitrogens with one attached hydrogen (secondary N) is 1. The predicted molar refractivity (Wildman–Crippen MR) is 85.2 cm³/mol. The Morgan fingerprint density at radius 1 is 1.33 bits per heavy atom. The van der Waals surface area contributed by atoms with Gasteiger partial charge in [-0.05, 0) is 51.0 Å². The average molecular weight is 286 g/mol. The van der Waals surface area contributed by atoms with Crippen LogP contribution in [0.3, 0.4) is 0 Å². The van der Waals surface area contributed by atoms with Gasteiger partial charge < -0.3 is 11.1 Å². The van der Waals surface area contributed by atoms with Crippen LogP contribution in [-0.2, 0) is 11.3 Å². The number of carbonyl (C=O) groups excluding carboxylic acids is 1. The molecule has 0 aliphatic carbocycles. The third kappa shape index (κ3) is 3.84. The second-order valence-electron chi connectivity index (χ2n) is 5.30. The lowest BCUT2D eigenvalue weighted by atomic mass is 10.2. The molecule has 3 N–H and O–H groups in total. The molecular weight excluding hydrogens is 264 g/mol. The Morgan fingerprint density at radius 3 is 2.71 bits per heavy atom. The Hall–Kier alpha value is -2.30. The van der Waals surface area contributed by atoms with Crippen LogP contribution >= 0.6 is 0 Å². The first-order valence-corrected chi connectivity index (χ1v) is 7.13. The standard InChI is InChI=1S/C16H22N4O/c1-11-12(2)19-20(13(11)3)9-5-8-16(21)18-15-7-4-6-14(17)10-15/h4,6-7,10H,5,8-9,17H2,1-3H3,(H,18,21).